The second-order valence-corrected chi connectivity index (χ2v) is 5.76. The molecule has 29 heavy (non-hydrogen) atoms. The first-order valence-corrected chi connectivity index (χ1v) is 8.86. The first kappa shape index (κ1) is 19.9. The number of hydrogen-bond donors (Lipinski definition) is 2. The number of aromatic amines is 1. The zero-order chi connectivity index (χ0) is 20.6. The molecule has 2 N–H and O–H groups in total. The Balaban J connectivity index is 1.76. The van der Waals surface area contributed by atoms with Crippen LogP contribution in [0.3, 0.4) is 0 Å². The topological polar surface area (TPSA) is 111 Å². The number of benzene rings is 2. The third-order valence-electron chi connectivity index (χ3n) is 3.95. The van der Waals surface area contributed by atoms with Crippen LogP contribution >= 0.6 is 0 Å². The van der Waals surface area contributed by atoms with Crippen molar-refractivity contribution in [3.8, 4) is 28.5 Å². The van der Waals surface area contributed by atoms with Crippen molar-refractivity contribution in [3.05, 3.63) is 58.4 Å². The number of hydrogen-bond acceptors (Lipinski definition) is 8. The quantitative estimate of drug-likeness (QED) is 0.446. The van der Waals surface area contributed by atoms with Crippen LogP contribution in [0.4, 0.5) is 5.95 Å². The summed E-state index contributed by atoms with van der Waals surface area (Å²) in [6, 6.07) is 12.4. The third-order valence-corrected chi connectivity index (χ3v) is 3.95. The highest BCUT2D eigenvalue weighted by Gasteiger charge is 2.09. The molecule has 0 unspecified atom stereocenters. The molecular weight excluding hydrogens is 374 g/mol. The van der Waals surface area contributed by atoms with Crippen LogP contribution < -0.4 is 25.2 Å². The van der Waals surface area contributed by atoms with Crippen molar-refractivity contribution in [2.75, 3.05) is 26.3 Å². The number of para-hydroxylation sites is 1. The molecule has 0 amide bonds. The van der Waals surface area contributed by atoms with Crippen LogP contribution in [-0.2, 0) is 0 Å². The molecule has 0 aliphatic heterocycles. The third kappa shape index (κ3) is 4.70. The standard InChI is InChI=1S/C20H21N5O4/c1-4-29-18-14(6-5-7-16(18)28-3)12-21-24-20-22-19(26)17(23-25-20)13-8-10-15(27-2)11-9-13/h5-12H,4H2,1-3H3,(H2,22,24,25,26)/b21-12+. The number of hydrazone groups is 1. The van der Waals surface area contributed by atoms with Gasteiger partial charge in [-0.3, -0.25) is 9.78 Å². The second kappa shape index (κ2) is 9.36. The molecule has 0 aliphatic rings. The molecule has 2 aromatic carbocycles. The molecule has 0 fully saturated rings. The molecule has 3 aromatic rings. The lowest BCUT2D eigenvalue weighted by molar-refractivity contribution is 0.310. The first-order valence-electron chi connectivity index (χ1n) is 8.86. The normalized spacial score (nSPS) is 10.7. The lowest BCUT2D eigenvalue weighted by Crippen LogP contribution is -2.15. The van der Waals surface area contributed by atoms with E-state index in [9.17, 15) is 4.79 Å². The molecule has 1 heterocycles. The fourth-order valence-electron chi connectivity index (χ4n) is 2.58. The van der Waals surface area contributed by atoms with Gasteiger partial charge < -0.3 is 14.2 Å². The van der Waals surface area contributed by atoms with E-state index in [4.69, 9.17) is 14.2 Å². The van der Waals surface area contributed by atoms with Crippen LogP contribution in [0.2, 0.25) is 0 Å². The maximum Gasteiger partial charge on any atom is 0.279 e. The summed E-state index contributed by atoms with van der Waals surface area (Å²) in [7, 11) is 3.15. The summed E-state index contributed by atoms with van der Waals surface area (Å²) in [6.45, 7) is 2.37. The van der Waals surface area contributed by atoms with Gasteiger partial charge in [-0.15, -0.1) is 10.2 Å². The number of H-pyrrole nitrogens is 1. The van der Waals surface area contributed by atoms with Gasteiger partial charge in [-0.1, -0.05) is 6.07 Å². The van der Waals surface area contributed by atoms with Crippen LogP contribution in [0, 0.1) is 0 Å². The molecule has 150 valence electrons. The monoisotopic (exact) mass is 395 g/mol. The average Bonchev–Trinajstić information content (AvgIpc) is 2.75. The van der Waals surface area contributed by atoms with Crippen molar-refractivity contribution in [2.45, 2.75) is 6.92 Å². The fraction of sp³-hybridized carbons (Fsp3) is 0.200. The Kier molecular flexibility index (Phi) is 6.41. The molecule has 0 radical (unpaired) electrons. The molecule has 1 aromatic heterocycles. The maximum atomic E-state index is 12.3. The molecule has 3 rings (SSSR count). The van der Waals surface area contributed by atoms with Gasteiger partial charge in [0, 0.05) is 11.1 Å². The van der Waals surface area contributed by atoms with Gasteiger partial charge in [0.25, 0.3) is 5.56 Å². The molecule has 9 nitrogen and oxygen atoms in total. The zero-order valence-electron chi connectivity index (χ0n) is 16.3. The van der Waals surface area contributed by atoms with E-state index in [1.165, 1.54) is 0 Å². The second-order valence-electron chi connectivity index (χ2n) is 5.76. The average molecular weight is 395 g/mol. The molecular formula is C20H21N5O4. The predicted molar refractivity (Wildman–Crippen MR) is 110 cm³/mol. The fourth-order valence-corrected chi connectivity index (χ4v) is 2.58. The van der Waals surface area contributed by atoms with Crippen molar-refractivity contribution in [2.24, 2.45) is 5.10 Å². The van der Waals surface area contributed by atoms with Crippen LogP contribution in [-0.4, -0.2) is 42.2 Å². The molecule has 0 saturated heterocycles. The Morgan fingerprint density at radius 3 is 2.55 bits per heavy atom. The number of rotatable bonds is 8. The zero-order valence-corrected chi connectivity index (χ0v) is 16.3. The van der Waals surface area contributed by atoms with E-state index in [0.717, 1.165) is 0 Å². The summed E-state index contributed by atoms with van der Waals surface area (Å²) < 4.78 is 16.0. The van der Waals surface area contributed by atoms with Crippen LogP contribution in [0.25, 0.3) is 11.3 Å². The van der Waals surface area contributed by atoms with Crippen LogP contribution in [0.1, 0.15) is 12.5 Å². The van der Waals surface area contributed by atoms with Gasteiger partial charge in [0.15, 0.2) is 17.2 Å². The molecule has 0 spiro atoms. The van der Waals surface area contributed by atoms with E-state index in [2.05, 4.69) is 25.7 Å². The minimum atomic E-state index is -0.390. The molecule has 0 atom stereocenters. The van der Waals surface area contributed by atoms with Crippen LogP contribution in [0.15, 0.2) is 52.4 Å². The Bertz CT molecular complexity index is 1050. The Morgan fingerprint density at radius 1 is 1.10 bits per heavy atom. The van der Waals surface area contributed by atoms with Crippen molar-refractivity contribution >= 4 is 12.2 Å². The largest absolute Gasteiger partial charge is 0.497 e. The first-order chi connectivity index (χ1) is 14.2. The van der Waals surface area contributed by atoms with E-state index in [-0.39, 0.29) is 17.2 Å². The lowest BCUT2D eigenvalue weighted by atomic mass is 10.1. The van der Waals surface area contributed by atoms with Gasteiger partial charge in [-0.2, -0.15) is 5.10 Å². The van der Waals surface area contributed by atoms with E-state index >= 15 is 0 Å². The summed E-state index contributed by atoms with van der Waals surface area (Å²) in [5, 5.41) is 12.0. The number of methoxy groups -OCH3 is 2. The number of anilines is 1. The summed E-state index contributed by atoms with van der Waals surface area (Å²) in [6.07, 6.45) is 1.55. The van der Waals surface area contributed by atoms with Crippen molar-refractivity contribution in [3.63, 3.8) is 0 Å². The summed E-state index contributed by atoms with van der Waals surface area (Å²) in [5.74, 6) is 1.99. The summed E-state index contributed by atoms with van der Waals surface area (Å²) >= 11 is 0. The highest BCUT2D eigenvalue weighted by Crippen LogP contribution is 2.30. The van der Waals surface area contributed by atoms with E-state index in [1.807, 2.05) is 19.1 Å². The van der Waals surface area contributed by atoms with Gasteiger partial charge >= 0.3 is 0 Å². The van der Waals surface area contributed by atoms with Crippen molar-refractivity contribution in [1.29, 1.82) is 0 Å². The predicted octanol–water partition coefficient (Wildman–Crippen LogP) is 2.69. The summed E-state index contributed by atoms with van der Waals surface area (Å²) in [4.78, 5) is 14.9. The van der Waals surface area contributed by atoms with Gasteiger partial charge in [0.1, 0.15) is 5.75 Å². The number of aromatic nitrogens is 3. The number of nitrogens with zero attached hydrogens (tertiary/aromatic N) is 3. The van der Waals surface area contributed by atoms with E-state index < -0.39 is 0 Å². The lowest BCUT2D eigenvalue weighted by Gasteiger charge is -2.11. The van der Waals surface area contributed by atoms with Crippen molar-refractivity contribution in [1.82, 2.24) is 15.2 Å². The smallest absolute Gasteiger partial charge is 0.279 e. The number of nitrogens with one attached hydrogen (secondary N) is 2. The van der Waals surface area contributed by atoms with Gasteiger partial charge in [-0.05, 0) is 43.3 Å². The molecule has 0 saturated carbocycles. The SMILES string of the molecule is CCOc1c(/C=N/Nc2nnc(-c3ccc(OC)cc3)c(=O)[nH]2)cccc1OC. The minimum Gasteiger partial charge on any atom is -0.497 e. The number of ether oxygens (including phenoxy) is 3. The maximum absolute atomic E-state index is 12.3. The van der Waals surface area contributed by atoms with E-state index in [0.29, 0.717) is 35.0 Å². The Hall–Kier alpha value is -3.88. The van der Waals surface area contributed by atoms with Crippen LogP contribution in [0.5, 0.6) is 17.2 Å². The highest BCUT2D eigenvalue weighted by molar-refractivity contribution is 5.85. The van der Waals surface area contributed by atoms with Gasteiger partial charge in [-0.25, -0.2) is 5.43 Å². The molecule has 9 heteroatoms. The Morgan fingerprint density at radius 2 is 1.90 bits per heavy atom. The van der Waals surface area contributed by atoms with Gasteiger partial charge in [0.2, 0.25) is 5.95 Å². The van der Waals surface area contributed by atoms with E-state index in [1.54, 1.807) is 50.8 Å². The molecule has 0 bridgehead atoms. The Labute approximate surface area is 167 Å². The van der Waals surface area contributed by atoms with Crippen molar-refractivity contribution < 1.29 is 14.2 Å². The minimum absolute atomic E-state index is 0.115. The highest BCUT2D eigenvalue weighted by atomic mass is 16.5. The van der Waals surface area contributed by atoms with Gasteiger partial charge in [0.05, 0.1) is 27.0 Å². The molecule has 0 aliphatic carbocycles. The summed E-state index contributed by atoms with van der Waals surface area (Å²) in [5.41, 5.74) is 3.82.